The van der Waals surface area contributed by atoms with Crippen LogP contribution >= 0.6 is 0 Å². The Kier molecular flexibility index (Phi) is 2.49. The normalized spacial score (nSPS) is 14.9. The van der Waals surface area contributed by atoms with Crippen LogP contribution in [0.25, 0.3) is 0 Å². The maximum absolute atomic E-state index is 10.9. The second-order valence-corrected chi connectivity index (χ2v) is 3.82. The van der Waals surface area contributed by atoms with E-state index in [9.17, 15) is 4.79 Å². The molecule has 80 valence electrons. The van der Waals surface area contributed by atoms with E-state index < -0.39 is 5.97 Å². The van der Waals surface area contributed by atoms with Gasteiger partial charge >= 0.3 is 5.97 Å². The molecule has 4 nitrogen and oxygen atoms in total. The van der Waals surface area contributed by atoms with Gasteiger partial charge in [0.2, 0.25) is 0 Å². The van der Waals surface area contributed by atoms with Gasteiger partial charge < -0.3 is 15.6 Å². The van der Waals surface area contributed by atoms with Crippen LogP contribution in [0.15, 0.2) is 18.2 Å². The van der Waals surface area contributed by atoms with Gasteiger partial charge in [-0.15, -0.1) is 0 Å². The molecule has 0 aromatic heterocycles. The van der Waals surface area contributed by atoms with Gasteiger partial charge in [0, 0.05) is 11.8 Å². The van der Waals surface area contributed by atoms with Crippen LogP contribution in [0.3, 0.4) is 0 Å². The largest absolute Gasteiger partial charge is 0.492 e. The van der Waals surface area contributed by atoms with E-state index in [4.69, 9.17) is 15.6 Å². The Bertz CT molecular complexity index is 385. The highest BCUT2D eigenvalue weighted by atomic mass is 16.5. The van der Waals surface area contributed by atoms with Crippen molar-refractivity contribution in [1.82, 2.24) is 0 Å². The molecule has 1 aromatic carbocycles. The molecule has 1 aliphatic carbocycles. The molecule has 0 atom stereocenters. The molecule has 0 heterocycles. The van der Waals surface area contributed by atoms with E-state index in [1.807, 2.05) is 0 Å². The van der Waals surface area contributed by atoms with Gasteiger partial charge in [0.05, 0.1) is 6.61 Å². The highest BCUT2D eigenvalue weighted by molar-refractivity contribution is 5.91. The van der Waals surface area contributed by atoms with Crippen molar-refractivity contribution in [1.29, 1.82) is 0 Å². The number of ether oxygens (including phenoxy) is 1. The summed E-state index contributed by atoms with van der Waals surface area (Å²) in [5.41, 5.74) is 6.27. The van der Waals surface area contributed by atoms with Crippen molar-refractivity contribution in [3.05, 3.63) is 23.8 Å². The summed E-state index contributed by atoms with van der Waals surface area (Å²) in [5.74, 6) is -0.0247. The number of anilines is 1. The van der Waals surface area contributed by atoms with Crippen LogP contribution in [-0.2, 0) is 0 Å². The fourth-order valence-corrected chi connectivity index (χ4v) is 1.33. The van der Waals surface area contributed by atoms with Gasteiger partial charge in [-0.05, 0) is 30.9 Å². The van der Waals surface area contributed by atoms with Gasteiger partial charge in [0.1, 0.15) is 11.3 Å². The average molecular weight is 207 g/mol. The number of benzene rings is 1. The monoisotopic (exact) mass is 207 g/mol. The van der Waals surface area contributed by atoms with E-state index in [0.29, 0.717) is 24.0 Å². The molecule has 0 spiro atoms. The van der Waals surface area contributed by atoms with Gasteiger partial charge in [0.15, 0.2) is 0 Å². The SMILES string of the molecule is Nc1ccc(C(=O)O)c(OCC2CC2)c1. The predicted molar refractivity (Wildman–Crippen MR) is 56.0 cm³/mol. The molecular weight excluding hydrogens is 194 g/mol. The Labute approximate surface area is 87.7 Å². The van der Waals surface area contributed by atoms with E-state index in [1.165, 1.54) is 18.9 Å². The Morgan fingerprint density at radius 3 is 2.87 bits per heavy atom. The van der Waals surface area contributed by atoms with Crippen molar-refractivity contribution in [2.24, 2.45) is 5.92 Å². The van der Waals surface area contributed by atoms with Crippen molar-refractivity contribution < 1.29 is 14.6 Å². The molecule has 1 aromatic rings. The minimum atomic E-state index is -0.985. The first-order valence-corrected chi connectivity index (χ1v) is 4.92. The molecule has 1 fully saturated rings. The number of nitrogen functional groups attached to an aromatic ring is 1. The van der Waals surface area contributed by atoms with Gasteiger partial charge in [-0.3, -0.25) is 0 Å². The second-order valence-electron chi connectivity index (χ2n) is 3.82. The number of carboxylic acid groups (broad SMARTS) is 1. The highest BCUT2D eigenvalue weighted by Crippen LogP contribution is 2.31. The molecule has 2 rings (SSSR count). The van der Waals surface area contributed by atoms with E-state index in [-0.39, 0.29) is 5.56 Å². The van der Waals surface area contributed by atoms with Crippen LogP contribution in [0.2, 0.25) is 0 Å². The topological polar surface area (TPSA) is 72.6 Å². The van der Waals surface area contributed by atoms with Gasteiger partial charge in [-0.1, -0.05) is 0 Å². The minimum Gasteiger partial charge on any atom is -0.492 e. The number of nitrogens with two attached hydrogens (primary N) is 1. The summed E-state index contributed by atoms with van der Waals surface area (Å²) in [5, 5.41) is 8.92. The van der Waals surface area contributed by atoms with E-state index in [1.54, 1.807) is 12.1 Å². The zero-order valence-electron chi connectivity index (χ0n) is 8.27. The molecule has 0 saturated heterocycles. The lowest BCUT2D eigenvalue weighted by molar-refractivity contribution is 0.0692. The third-order valence-corrected chi connectivity index (χ3v) is 2.41. The van der Waals surface area contributed by atoms with E-state index in [2.05, 4.69) is 0 Å². The third kappa shape index (κ3) is 2.40. The number of aromatic carboxylic acids is 1. The summed E-state index contributed by atoms with van der Waals surface area (Å²) < 4.78 is 5.44. The molecule has 1 saturated carbocycles. The van der Waals surface area contributed by atoms with Gasteiger partial charge in [-0.25, -0.2) is 4.79 Å². The number of rotatable bonds is 4. The highest BCUT2D eigenvalue weighted by Gasteiger charge is 2.23. The van der Waals surface area contributed by atoms with Crippen LogP contribution in [-0.4, -0.2) is 17.7 Å². The smallest absolute Gasteiger partial charge is 0.339 e. The Hall–Kier alpha value is -1.71. The first-order valence-electron chi connectivity index (χ1n) is 4.92. The zero-order chi connectivity index (χ0) is 10.8. The summed E-state index contributed by atoms with van der Waals surface area (Å²) in [6.07, 6.45) is 2.34. The molecule has 0 aliphatic heterocycles. The number of carbonyl (C=O) groups is 1. The summed E-state index contributed by atoms with van der Waals surface area (Å²) in [7, 11) is 0. The first kappa shape index (κ1) is 9.83. The second kappa shape index (κ2) is 3.81. The predicted octanol–water partition coefficient (Wildman–Crippen LogP) is 1.76. The van der Waals surface area contributed by atoms with Crippen molar-refractivity contribution in [2.75, 3.05) is 12.3 Å². The Morgan fingerprint density at radius 2 is 2.27 bits per heavy atom. The average Bonchev–Trinajstić information content (AvgIpc) is 2.97. The molecule has 0 amide bonds. The molecule has 0 bridgehead atoms. The Balaban J connectivity index is 2.16. The summed E-state index contributed by atoms with van der Waals surface area (Å²) in [6, 6.07) is 4.60. The zero-order valence-corrected chi connectivity index (χ0v) is 8.27. The third-order valence-electron chi connectivity index (χ3n) is 2.41. The maximum Gasteiger partial charge on any atom is 0.339 e. The lowest BCUT2D eigenvalue weighted by Gasteiger charge is -2.09. The Morgan fingerprint density at radius 1 is 1.53 bits per heavy atom. The molecule has 4 heteroatoms. The standard InChI is InChI=1S/C11H13NO3/c12-8-3-4-9(11(13)14)10(5-8)15-6-7-1-2-7/h3-5,7H,1-2,6,12H2,(H,13,14). The van der Waals surface area contributed by atoms with Crippen molar-refractivity contribution >= 4 is 11.7 Å². The van der Waals surface area contributed by atoms with Crippen LogP contribution in [0.5, 0.6) is 5.75 Å². The lowest BCUT2D eigenvalue weighted by Crippen LogP contribution is -2.06. The fourth-order valence-electron chi connectivity index (χ4n) is 1.33. The molecule has 15 heavy (non-hydrogen) atoms. The quantitative estimate of drug-likeness (QED) is 0.738. The van der Waals surface area contributed by atoms with E-state index in [0.717, 1.165) is 0 Å². The molecule has 0 unspecified atom stereocenters. The summed E-state index contributed by atoms with van der Waals surface area (Å²) in [6.45, 7) is 0.587. The maximum atomic E-state index is 10.9. The van der Waals surface area contributed by atoms with E-state index >= 15 is 0 Å². The van der Waals surface area contributed by atoms with Crippen LogP contribution < -0.4 is 10.5 Å². The van der Waals surface area contributed by atoms with Crippen LogP contribution in [0.4, 0.5) is 5.69 Å². The molecule has 1 aliphatic rings. The number of hydrogen-bond donors (Lipinski definition) is 2. The van der Waals surface area contributed by atoms with Gasteiger partial charge in [-0.2, -0.15) is 0 Å². The first-order chi connectivity index (χ1) is 7.16. The van der Waals surface area contributed by atoms with Crippen molar-refractivity contribution in [3.63, 3.8) is 0 Å². The minimum absolute atomic E-state index is 0.171. The summed E-state index contributed by atoms with van der Waals surface area (Å²) in [4.78, 5) is 10.9. The van der Waals surface area contributed by atoms with Gasteiger partial charge in [0.25, 0.3) is 0 Å². The molecular formula is C11H13NO3. The van der Waals surface area contributed by atoms with Crippen LogP contribution in [0, 0.1) is 5.92 Å². The van der Waals surface area contributed by atoms with Crippen molar-refractivity contribution in [2.45, 2.75) is 12.8 Å². The summed E-state index contributed by atoms with van der Waals surface area (Å²) >= 11 is 0. The number of hydrogen-bond acceptors (Lipinski definition) is 3. The molecule has 0 radical (unpaired) electrons. The molecule has 3 N–H and O–H groups in total. The van der Waals surface area contributed by atoms with Crippen LogP contribution in [0.1, 0.15) is 23.2 Å². The number of carboxylic acids is 1. The fraction of sp³-hybridized carbons (Fsp3) is 0.364. The lowest BCUT2D eigenvalue weighted by atomic mass is 10.2. The van der Waals surface area contributed by atoms with Crippen molar-refractivity contribution in [3.8, 4) is 5.75 Å².